The first-order chi connectivity index (χ1) is 9.33. The van der Waals surface area contributed by atoms with Crippen molar-refractivity contribution < 1.29 is 4.74 Å². The highest BCUT2D eigenvalue weighted by Gasteiger charge is 2.30. The fourth-order valence-electron chi connectivity index (χ4n) is 4.07. The van der Waals surface area contributed by atoms with Crippen molar-refractivity contribution in [2.24, 2.45) is 23.7 Å². The highest BCUT2D eigenvalue weighted by molar-refractivity contribution is 4.87. The summed E-state index contributed by atoms with van der Waals surface area (Å²) in [7, 11) is 0. The van der Waals surface area contributed by atoms with Gasteiger partial charge in [-0.3, -0.25) is 0 Å². The van der Waals surface area contributed by atoms with Crippen molar-refractivity contribution in [2.45, 2.75) is 64.7 Å². The predicted molar refractivity (Wildman–Crippen MR) is 82.2 cm³/mol. The quantitative estimate of drug-likeness (QED) is 0.472. The van der Waals surface area contributed by atoms with Gasteiger partial charge < -0.3 is 4.74 Å². The second-order valence-electron chi connectivity index (χ2n) is 6.77. The molecule has 0 amide bonds. The number of allylic oxidation sites excluding steroid dienone is 1. The van der Waals surface area contributed by atoms with Crippen molar-refractivity contribution in [1.82, 2.24) is 0 Å². The van der Waals surface area contributed by atoms with E-state index in [-0.39, 0.29) is 0 Å². The second-order valence-corrected chi connectivity index (χ2v) is 6.77. The molecule has 19 heavy (non-hydrogen) atoms. The highest BCUT2D eigenvalue weighted by Crippen LogP contribution is 2.41. The van der Waals surface area contributed by atoms with Crippen LogP contribution in [0.15, 0.2) is 12.7 Å². The van der Waals surface area contributed by atoms with E-state index >= 15 is 0 Å². The summed E-state index contributed by atoms with van der Waals surface area (Å²) < 4.78 is 5.72. The van der Waals surface area contributed by atoms with Crippen molar-refractivity contribution >= 4 is 0 Å². The van der Waals surface area contributed by atoms with Gasteiger partial charge >= 0.3 is 0 Å². The molecule has 0 aliphatic heterocycles. The van der Waals surface area contributed by atoms with Gasteiger partial charge in [0.2, 0.25) is 0 Å². The summed E-state index contributed by atoms with van der Waals surface area (Å²) in [5.74, 6) is 3.71. The van der Waals surface area contributed by atoms with E-state index in [1.165, 1.54) is 51.4 Å². The molecule has 0 bridgehead atoms. The Balaban J connectivity index is 1.64. The van der Waals surface area contributed by atoms with Crippen LogP contribution in [0.4, 0.5) is 0 Å². The first kappa shape index (κ1) is 15.1. The molecule has 2 rings (SSSR count). The van der Waals surface area contributed by atoms with Crippen LogP contribution < -0.4 is 0 Å². The molecule has 0 radical (unpaired) electrons. The van der Waals surface area contributed by atoms with Crippen molar-refractivity contribution in [3.8, 4) is 0 Å². The van der Waals surface area contributed by atoms with Gasteiger partial charge in [-0.2, -0.15) is 0 Å². The predicted octanol–water partition coefficient (Wildman–Crippen LogP) is 5.21. The van der Waals surface area contributed by atoms with Crippen LogP contribution in [0.1, 0.15) is 64.7 Å². The number of hydrogen-bond acceptors (Lipinski definition) is 1. The van der Waals surface area contributed by atoms with Gasteiger partial charge in [0.15, 0.2) is 0 Å². The molecule has 1 heteroatoms. The lowest BCUT2D eigenvalue weighted by atomic mass is 9.69. The maximum Gasteiger partial charge on any atom is 0.0494 e. The van der Waals surface area contributed by atoms with E-state index in [0.717, 1.165) is 43.3 Å². The molecule has 0 heterocycles. The molecule has 2 aliphatic carbocycles. The SMILES string of the molecule is C=CC1CCC(C2CCC(COCCC)CC2)CC1. The summed E-state index contributed by atoms with van der Waals surface area (Å²) in [5, 5.41) is 0. The van der Waals surface area contributed by atoms with Crippen molar-refractivity contribution in [3.63, 3.8) is 0 Å². The van der Waals surface area contributed by atoms with Gasteiger partial charge in [-0.05, 0) is 81.5 Å². The zero-order valence-electron chi connectivity index (χ0n) is 12.8. The Kier molecular flexibility index (Phi) is 6.43. The second kappa shape index (κ2) is 8.09. The summed E-state index contributed by atoms with van der Waals surface area (Å²) in [6.07, 6.45) is 14.8. The third-order valence-corrected chi connectivity index (χ3v) is 5.41. The Labute approximate surface area is 119 Å². The molecule has 0 aromatic heterocycles. The van der Waals surface area contributed by atoms with E-state index in [1.807, 2.05) is 0 Å². The smallest absolute Gasteiger partial charge is 0.0494 e. The Morgan fingerprint density at radius 2 is 1.53 bits per heavy atom. The van der Waals surface area contributed by atoms with E-state index in [0.29, 0.717) is 0 Å². The zero-order valence-corrected chi connectivity index (χ0v) is 12.8. The topological polar surface area (TPSA) is 9.23 Å². The first-order valence-corrected chi connectivity index (χ1v) is 8.53. The molecular formula is C18H32O. The van der Waals surface area contributed by atoms with Crippen LogP contribution in [0.2, 0.25) is 0 Å². The summed E-state index contributed by atoms with van der Waals surface area (Å²) in [6.45, 7) is 8.11. The average Bonchev–Trinajstić information content (AvgIpc) is 2.48. The van der Waals surface area contributed by atoms with Crippen LogP contribution in [0.3, 0.4) is 0 Å². The molecule has 0 saturated heterocycles. The maximum atomic E-state index is 5.72. The first-order valence-electron chi connectivity index (χ1n) is 8.53. The molecule has 0 aromatic rings. The average molecular weight is 264 g/mol. The van der Waals surface area contributed by atoms with E-state index in [1.54, 1.807) is 0 Å². The minimum absolute atomic E-state index is 0.815. The summed E-state index contributed by atoms with van der Waals surface area (Å²) in [6, 6.07) is 0. The normalized spacial score (nSPS) is 36.1. The molecule has 0 unspecified atom stereocenters. The molecule has 0 aromatic carbocycles. The van der Waals surface area contributed by atoms with Crippen LogP contribution in [-0.2, 0) is 4.74 Å². The molecule has 110 valence electrons. The third-order valence-electron chi connectivity index (χ3n) is 5.41. The summed E-state index contributed by atoms with van der Waals surface area (Å²) in [4.78, 5) is 0. The van der Waals surface area contributed by atoms with Crippen molar-refractivity contribution in [2.75, 3.05) is 13.2 Å². The van der Waals surface area contributed by atoms with Crippen LogP contribution in [-0.4, -0.2) is 13.2 Å². The summed E-state index contributed by atoms with van der Waals surface area (Å²) in [5.41, 5.74) is 0. The Morgan fingerprint density at radius 1 is 0.947 bits per heavy atom. The van der Waals surface area contributed by atoms with Crippen molar-refractivity contribution in [3.05, 3.63) is 12.7 Å². The van der Waals surface area contributed by atoms with E-state index in [4.69, 9.17) is 4.74 Å². The molecule has 0 N–H and O–H groups in total. The Hall–Kier alpha value is -0.300. The molecule has 2 fully saturated rings. The Bertz CT molecular complexity index is 244. The van der Waals surface area contributed by atoms with Gasteiger partial charge in [-0.25, -0.2) is 0 Å². The maximum absolute atomic E-state index is 5.72. The summed E-state index contributed by atoms with van der Waals surface area (Å²) >= 11 is 0. The molecular weight excluding hydrogens is 232 g/mol. The van der Waals surface area contributed by atoms with Crippen LogP contribution in [0.5, 0.6) is 0 Å². The number of hydrogen-bond donors (Lipinski definition) is 0. The van der Waals surface area contributed by atoms with Gasteiger partial charge in [-0.1, -0.05) is 13.0 Å². The van der Waals surface area contributed by atoms with E-state index in [2.05, 4.69) is 19.6 Å². The highest BCUT2D eigenvalue weighted by atomic mass is 16.5. The van der Waals surface area contributed by atoms with Gasteiger partial charge in [0.1, 0.15) is 0 Å². The van der Waals surface area contributed by atoms with Gasteiger partial charge in [-0.15, -0.1) is 6.58 Å². The van der Waals surface area contributed by atoms with E-state index < -0.39 is 0 Å². The zero-order chi connectivity index (χ0) is 13.5. The monoisotopic (exact) mass is 264 g/mol. The third kappa shape index (κ3) is 4.63. The minimum atomic E-state index is 0.815. The molecule has 1 nitrogen and oxygen atoms in total. The standard InChI is InChI=1S/C18H32O/c1-3-13-19-14-16-7-11-18(12-8-16)17-9-5-15(4-2)6-10-17/h4,15-18H,2-3,5-14H2,1H3. The van der Waals surface area contributed by atoms with Crippen molar-refractivity contribution in [1.29, 1.82) is 0 Å². The van der Waals surface area contributed by atoms with Crippen LogP contribution in [0.25, 0.3) is 0 Å². The lowest BCUT2D eigenvalue weighted by Gasteiger charge is -2.37. The van der Waals surface area contributed by atoms with E-state index in [9.17, 15) is 0 Å². The van der Waals surface area contributed by atoms with Gasteiger partial charge in [0.25, 0.3) is 0 Å². The lowest BCUT2D eigenvalue weighted by Crippen LogP contribution is -2.26. The molecule has 2 saturated carbocycles. The fourth-order valence-corrected chi connectivity index (χ4v) is 4.07. The molecule has 0 atom stereocenters. The Morgan fingerprint density at radius 3 is 2.05 bits per heavy atom. The van der Waals surface area contributed by atoms with Gasteiger partial charge in [0, 0.05) is 13.2 Å². The minimum Gasteiger partial charge on any atom is -0.381 e. The van der Waals surface area contributed by atoms with Crippen LogP contribution >= 0.6 is 0 Å². The van der Waals surface area contributed by atoms with Gasteiger partial charge in [0.05, 0.1) is 0 Å². The largest absolute Gasteiger partial charge is 0.381 e. The molecule has 0 spiro atoms. The molecule has 2 aliphatic rings. The number of rotatable bonds is 6. The fraction of sp³-hybridized carbons (Fsp3) is 0.889. The number of ether oxygens (including phenoxy) is 1. The van der Waals surface area contributed by atoms with Crippen LogP contribution in [0, 0.1) is 23.7 Å². The lowest BCUT2D eigenvalue weighted by molar-refractivity contribution is 0.0662.